The van der Waals surface area contributed by atoms with Crippen molar-refractivity contribution in [2.24, 2.45) is 0 Å². The zero-order valence-electron chi connectivity index (χ0n) is 13.0. The molecule has 0 aliphatic carbocycles. The van der Waals surface area contributed by atoms with Crippen molar-refractivity contribution in [3.63, 3.8) is 0 Å². The van der Waals surface area contributed by atoms with Gasteiger partial charge >= 0.3 is 0 Å². The second kappa shape index (κ2) is 8.33. The molecule has 0 bridgehead atoms. The van der Waals surface area contributed by atoms with E-state index in [-0.39, 0.29) is 17.9 Å². The predicted molar refractivity (Wildman–Crippen MR) is 88.1 cm³/mol. The van der Waals surface area contributed by atoms with E-state index in [1.165, 1.54) is 18.3 Å². The molecule has 120 valence electrons. The van der Waals surface area contributed by atoms with Crippen molar-refractivity contribution in [1.82, 2.24) is 10.6 Å². The summed E-state index contributed by atoms with van der Waals surface area (Å²) in [6.07, 6.45) is 1.60. The lowest BCUT2D eigenvalue weighted by atomic mass is 10.1. The average Bonchev–Trinajstić information content (AvgIpc) is 2.82. The molecule has 1 rings (SSSR count). The van der Waals surface area contributed by atoms with Gasteiger partial charge in [-0.05, 0) is 19.4 Å². The Morgan fingerprint density at radius 3 is 2.68 bits per heavy atom. The third-order valence-corrected chi connectivity index (χ3v) is 3.98. The maximum atomic E-state index is 12.4. The first kappa shape index (κ1) is 17.9. The molecule has 0 spiro atoms. The van der Waals surface area contributed by atoms with E-state index in [9.17, 15) is 14.4 Å². The molecule has 1 aromatic heterocycles. The zero-order chi connectivity index (χ0) is 16.7. The highest BCUT2D eigenvalue weighted by molar-refractivity contribution is 7.16. The maximum Gasteiger partial charge on any atom is 0.254 e. The van der Waals surface area contributed by atoms with Crippen LogP contribution in [-0.4, -0.2) is 31.2 Å². The van der Waals surface area contributed by atoms with Crippen LogP contribution in [-0.2, 0) is 9.59 Å². The minimum absolute atomic E-state index is 0.229. The van der Waals surface area contributed by atoms with E-state index < -0.39 is 0 Å². The fourth-order valence-corrected chi connectivity index (χ4v) is 2.87. The van der Waals surface area contributed by atoms with Gasteiger partial charge in [-0.1, -0.05) is 6.58 Å². The number of hydrogen-bond donors (Lipinski definition) is 3. The van der Waals surface area contributed by atoms with Crippen LogP contribution in [0, 0.1) is 6.92 Å². The summed E-state index contributed by atoms with van der Waals surface area (Å²) in [7, 11) is 1.71. The number of amides is 2. The van der Waals surface area contributed by atoms with Gasteiger partial charge in [0.05, 0.1) is 11.6 Å². The molecule has 0 radical (unpaired) electrons. The molecule has 7 heteroatoms. The van der Waals surface area contributed by atoms with Crippen molar-refractivity contribution in [2.45, 2.75) is 32.7 Å². The highest BCUT2D eigenvalue weighted by Gasteiger charge is 2.20. The Labute approximate surface area is 134 Å². The first-order valence-electron chi connectivity index (χ1n) is 6.88. The number of aldehydes is 1. The van der Waals surface area contributed by atoms with Crippen molar-refractivity contribution in [3.8, 4) is 0 Å². The van der Waals surface area contributed by atoms with Gasteiger partial charge in [0.1, 0.15) is 11.3 Å². The number of aryl methyl sites for hydroxylation is 1. The molecule has 1 heterocycles. The summed E-state index contributed by atoms with van der Waals surface area (Å²) in [6.45, 7) is 7.10. The van der Waals surface area contributed by atoms with Crippen LogP contribution >= 0.6 is 11.3 Å². The van der Waals surface area contributed by atoms with E-state index in [0.717, 1.165) is 11.2 Å². The van der Waals surface area contributed by atoms with Gasteiger partial charge < -0.3 is 20.7 Å². The van der Waals surface area contributed by atoms with Crippen LogP contribution in [0.15, 0.2) is 18.3 Å². The van der Waals surface area contributed by atoms with Gasteiger partial charge in [0, 0.05) is 31.0 Å². The molecule has 3 N–H and O–H groups in total. The number of hydrogen-bond acceptors (Lipinski definition) is 5. The first-order valence-corrected chi connectivity index (χ1v) is 7.69. The van der Waals surface area contributed by atoms with Gasteiger partial charge in [0.15, 0.2) is 0 Å². The molecule has 6 nitrogen and oxygen atoms in total. The van der Waals surface area contributed by atoms with E-state index in [0.29, 0.717) is 29.1 Å². The largest absolute Gasteiger partial charge is 0.390 e. The quantitative estimate of drug-likeness (QED) is 0.637. The number of rotatable bonds is 8. The standard InChI is InChI=1S/C15H21N3O3S/c1-9-8-12(15(22-9)17-11(3)20)14(21)18-13(6-5-7-19)10(2)16-4/h7-8,13,16H,2,5-6H2,1,3-4H3,(H,17,20)(H,18,21). The van der Waals surface area contributed by atoms with E-state index in [1.807, 2.05) is 6.92 Å². The third-order valence-electron chi connectivity index (χ3n) is 3.01. The summed E-state index contributed by atoms with van der Waals surface area (Å²) in [6, 6.07) is 1.37. The normalized spacial score (nSPS) is 11.4. The van der Waals surface area contributed by atoms with Crippen LogP contribution in [0.2, 0.25) is 0 Å². The number of likely N-dealkylation sites (N-methyl/N-ethyl adjacent to an activating group) is 1. The lowest BCUT2D eigenvalue weighted by molar-refractivity contribution is -0.114. The monoisotopic (exact) mass is 323 g/mol. The summed E-state index contributed by atoms with van der Waals surface area (Å²) in [5.74, 6) is -0.534. The topological polar surface area (TPSA) is 87.3 Å². The van der Waals surface area contributed by atoms with E-state index >= 15 is 0 Å². The molecule has 2 amide bonds. The Balaban J connectivity index is 2.91. The molecule has 0 fully saturated rings. The van der Waals surface area contributed by atoms with Crippen molar-refractivity contribution >= 4 is 34.4 Å². The van der Waals surface area contributed by atoms with Crippen molar-refractivity contribution in [1.29, 1.82) is 0 Å². The van der Waals surface area contributed by atoms with E-state index in [2.05, 4.69) is 22.5 Å². The fourth-order valence-electron chi connectivity index (χ4n) is 1.91. The van der Waals surface area contributed by atoms with Gasteiger partial charge in [-0.2, -0.15) is 0 Å². The van der Waals surface area contributed by atoms with Crippen LogP contribution in [0.1, 0.15) is 35.0 Å². The second-order valence-corrected chi connectivity index (χ2v) is 6.08. The molecule has 0 saturated carbocycles. The predicted octanol–water partition coefficient (Wildman–Crippen LogP) is 1.83. The molecule has 1 atom stereocenters. The Hall–Kier alpha value is -2.15. The molecule has 0 aliphatic rings. The molecule has 0 saturated heterocycles. The molecule has 0 aliphatic heterocycles. The highest BCUT2D eigenvalue weighted by Crippen LogP contribution is 2.27. The van der Waals surface area contributed by atoms with Crippen LogP contribution in [0.3, 0.4) is 0 Å². The van der Waals surface area contributed by atoms with Crippen molar-refractivity contribution < 1.29 is 14.4 Å². The Morgan fingerprint density at radius 2 is 2.14 bits per heavy atom. The zero-order valence-corrected chi connectivity index (χ0v) is 13.8. The summed E-state index contributed by atoms with van der Waals surface area (Å²) in [5.41, 5.74) is 1.04. The van der Waals surface area contributed by atoms with E-state index in [4.69, 9.17) is 0 Å². The van der Waals surface area contributed by atoms with Crippen LogP contribution in [0.25, 0.3) is 0 Å². The van der Waals surface area contributed by atoms with Crippen LogP contribution < -0.4 is 16.0 Å². The minimum Gasteiger partial charge on any atom is -0.390 e. The summed E-state index contributed by atoms with van der Waals surface area (Å²) in [5, 5.41) is 8.91. The number of carbonyl (C=O) groups excluding carboxylic acids is 3. The Bertz CT molecular complexity index is 581. The average molecular weight is 323 g/mol. The number of anilines is 1. The van der Waals surface area contributed by atoms with Gasteiger partial charge in [0.2, 0.25) is 5.91 Å². The van der Waals surface area contributed by atoms with E-state index in [1.54, 1.807) is 13.1 Å². The van der Waals surface area contributed by atoms with Gasteiger partial charge in [-0.3, -0.25) is 9.59 Å². The maximum absolute atomic E-state index is 12.4. The Morgan fingerprint density at radius 1 is 1.45 bits per heavy atom. The van der Waals surface area contributed by atoms with Gasteiger partial charge in [-0.25, -0.2) is 0 Å². The number of thiophene rings is 1. The summed E-state index contributed by atoms with van der Waals surface area (Å²) >= 11 is 1.34. The molecule has 0 aromatic carbocycles. The van der Waals surface area contributed by atoms with Gasteiger partial charge in [-0.15, -0.1) is 11.3 Å². The minimum atomic E-state index is -0.354. The van der Waals surface area contributed by atoms with Gasteiger partial charge in [0.25, 0.3) is 5.91 Å². The lowest BCUT2D eigenvalue weighted by Gasteiger charge is -2.20. The number of carbonyl (C=O) groups is 3. The molecular weight excluding hydrogens is 302 g/mol. The number of nitrogens with one attached hydrogen (secondary N) is 3. The van der Waals surface area contributed by atoms with Crippen LogP contribution in [0.4, 0.5) is 5.00 Å². The Kier molecular flexibility index (Phi) is 6.78. The third kappa shape index (κ3) is 5.00. The lowest BCUT2D eigenvalue weighted by Crippen LogP contribution is -2.39. The molecular formula is C15H21N3O3S. The SMILES string of the molecule is C=C(NC)C(CCC=O)NC(=O)c1cc(C)sc1NC(C)=O. The summed E-state index contributed by atoms with van der Waals surface area (Å²) < 4.78 is 0. The fraction of sp³-hybridized carbons (Fsp3) is 0.400. The van der Waals surface area contributed by atoms with Crippen molar-refractivity contribution in [2.75, 3.05) is 12.4 Å². The first-order chi connectivity index (χ1) is 10.4. The van der Waals surface area contributed by atoms with Crippen LogP contribution in [0.5, 0.6) is 0 Å². The molecule has 1 aromatic rings. The summed E-state index contributed by atoms with van der Waals surface area (Å²) in [4.78, 5) is 35.1. The molecule has 22 heavy (non-hydrogen) atoms. The second-order valence-electron chi connectivity index (χ2n) is 4.83. The highest BCUT2D eigenvalue weighted by atomic mass is 32.1. The van der Waals surface area contributed by atoms with Crippen molar-refractivity contribution in [3.05, 3.63) is 28.8 Å². The smallest absolute Gasteiger partial charge is 0.254 e. The molecule has 1 unspecified atom stereocenters.